The highest BCUT2D eigenvalue weighted by Gasteiger charge is 2.13. The number of carbonyl (C=O) groups excluding carboxylic acids is 1. The Morgan fingerprint density at radius 3 is 2.62 bits per heavy atom. The number of amides is 1. The lowest BCUT2D eigenvalue weighted by Crippen LogP contribution is -2.86. The summed E-state index contributed by atoms with van der Waals surface area (Å²) in [5, 5.41) is 7.44. The molecule has 26 heavy (non-hydrogen) atoms. The van der Waals surface area contributed by atoms with E-state index in [4.69, 9.17) is 4.74 Å². The molecule has 1 heterocycles. The SMILES string of the molecule is COc1ccc(-c2csc(NC(=O)C[NH2+][C@H](C)c3ccccc3)n2)cc1. The normalized spacial score (nSPS) is 11.8. The number of quaternary nitrogens is 1. The molecular formula is C20H22N3O2S+. The molecule has 0 fully saturated rings. The summed E-state index contributed by atoms with van der Waals surface area (Å²) in [5.74, 6) is 0.754. The van der Waals surface area contributed by atoms with Crippen molar-refractivity contribution in [2.24, 2.45) is 0 Å². The van der Waals surface area contributed by atoms with Gasteiger partial charge in [0.1, 0.15) is 11.8 Å². The predicted octanol–water partition coefficient (Wildman–Crippen LogP) is 3.08. The van der Waals surface area contributed by atoms with Gasteiger partial charge in [0.2, 0.25) is 0 Å². The van der Waals surface area contributed by atoms with Gasteiger partial charge in [0, 0.05) is 16.5 Å². The van der Waals surface area contributed by atoms with E-state index < -0.39 is 0 Å². The minimum Gasteiger partial charge on any atom is -0.497 e. The number of hydrogen-bond donors (Lipinski definition) is 2. The van der Waals surface area contributed by atoms with Crippen LogP contribution in [0.3, 0.4) is 0 Å². The van der Waals surface area contributed by atoms with Crippen LogP contribution in [-0.4, -0.2) is 24.5 Å². The van der Waals surface area contributed by atoms with E-state index in [1.807, 2.05) is 53.2 Å². The summed E-state index contributed by atoms with van der Waals surface area (Å²) < 4.78 is 5.16. The van der Waals surface area contributed by atoms with Gasteiger partial charge in [-0.1, -0.05) is 30.3 Å². The summed E-state index contributed by atoms with van der Waals surface area (Å²) in [5.41, 5.74) is 3.04. The fourth-order valence-corrected chi connectivity index (χ4v) is 3.31. The predicted molar refractivity (Wildman–Crippen MR) is 104 cm³/mol. The number of carbonyl (C=O) groups is 1. The summed E-state index contributed by atoms with van der Waals surface area (Å²) >= 11 is 1.43. The van der Waals surface area contributed by atoms with Crippen LogP contribution in [0.4, 0.5) is 5.13 Å². The van der Waals surface area contributed by atoms with Crippen LogP contribution in [0.25, 0.3) is 11.3 Å². The van der Waals surface area contributed by atoms with Crippen molar-refractivity contribution < 1.29 is 14.8 Å². The number of aromatic nitrogens is 1. The van der Waals surface area contributed by atoms with Crippen LogP contribution in [0.1, 0.15) is 18.5 Å². The average molecular weight is 368 g/mol. The van der Waals surface area contributed by atoms with Gasteiger partial charge in [-0.15, -0.1) is 11.3 Å². The van der Waals surface area contributed by atoms with E-state index in [-0.39, 0.29) is 11.9 Å². The Morgan fingerprint density at radius 2 is 1.92 bits per heavy atom. The van der Waals surface area contributed by atoms with E-state index in [0.717, 1.165) is 17.0 Å². The highest BCUT2D eigenvalue weighted by Crippen LogP contribution is 2.26. The van der Waals surface area contributed by atoms with Gasteiger partial charge in [-0.2, -0.15) is 0 Å². The topological polar surface area (TPSA) is 67.8 Å². The number of anilines is 1. The fraction of sp³-hybridized carbons (Fsp3) is 0.200. The fourth-order valence-electron chi connectivity index (χ4n) is 2.57. The van der Waals surface area contributed by atoms with Gasteiger partial charge in [0.05, 0.1) is 12.8 Å². The van der Waals surface area contributed by atoms with Crippen molar-refractivity contribution in [2.45, 2.75) is 13.0 Å². The van der Waals surface area contributed by atoms with Crippen LogP contribution >= 0.6 is 11.3 Å². The Balaban J connectivity index is 1.54. The third-order valence-corrected chi connectivity index (χ3v) is 4.88. The maximum Gasteiger partial charge on any atom is 0.281 e. The number of hydrogen-bond acceptors (Lipinski definition) is 4. The first-order chi connectivity index (χ1) is 12.7. The molecule has 0 saturated carbocycles. The van der Waals surface area contributed by atoms with Gasteiger partial charge in [-0.3, -0.25) is 10.1 Å². The molecule has 0 aliphatic heterocycles. The van der Waals surface area contributed by atoms with Crippen LogP contribution in [0.15, 0.2) is 60.0 Å². The molecule has 6 heteroatoms. The third-order valence-electron chi connectivity index (χ3n) is 4.12. The van der Waals surface area contributed by atoms with Crippen LogP contribution in [0.2, 0.25) is 0 Å². The molecule has 3 aromatic rings. The first-order valence-electron chi connectivity index (χ1n) is 8.44. The van der Waals surface area contributed by atoms with Crippen LogP contribution < -0.4 is 15.4 Å². The Kier molecular flexibility index (Phi) is 5.99. The van der Waals surface area contributed by atoms with Crippen LogP contribution in [-0.2, 0) is 4.79 Å². The summed E-state index contributed by atoms with van der Waals surface area (Å²) in [6.07, 6.45) is 0. The number of nitrogens with zero attached hydrogens (tertiary/aromatic N) is 1. The van der Waals surface area contributed by atoms with Crippen molar-refractivity contribution in [3.63, 3.8) is 0 Å². The molecule has 1 aromatic heterocycles. The zero-order valence-corrected chi connectivity index (χ0v) is 15.6. The third kappa shape index (κ3) is 4.68. The molecule has 0 unspecified atom stereocenters. The van der Waals surface area contributed by atoms with Crippen molar-refractivity contribution in [1.29, 1.82) is 0 Å². The van der Waals surface area contributed by atoms with Gasteiger partial charge >= 0.3 is 0 Å². The second-order valence-corrected chi connectivity index (χ2v) is 6.81. The molecule has 0 spiro atoms. The van der Waals surface area contributed by atoms with Crippen molar-refractivity contribution in [3.8, 4) is 17.0 Å². The first kappa shape index (κ1) is 18.1. The Labute approximate surface area is 157 Å². The number of methoxy groups -OCH3 is 1. The van der Waals surface area contributed by atoms with E-state index >= 15 is 0 Å². The molecule has 134 valence electrons. The Bertz CT molecular complexity index is 847. The van der Waals surface area contributed by atoms with Crippen molar-refractivity contribution in [1.82, 2.24) is 4.98 Å². The number of benzene rings is 2. The van der Waals surface area contributed by atoms with Gasteiger partial charge in [0.15, 0.2) is 11.7 Å². The molecule has 1 amide bonds. The molecule has 0 saturated heterocycles. The highest BCUT2D eigenvalue weighted by atomic mass is 32.1. The largest absolute Gasteiger partial charge is 0.497 e. The maximum absolute atomic E-state index is 12.2. The summed E-state index contributed by atoms with van der Waals surface area (Å²) in [4.78, 5) is 16.7. The summed E-state index contributed by atoms with van der Waals surface area (Å²) in [6, 6.07) is 18.1. The average Bonchev–Trinajstić information content (AvgIpc) is 3.15. The molecule has 0 radical (unpaired) electrons. The van der Waals surface area contributed by atoms with Crippen LogP contribution in [0, 0.1) is 0 Å². The van der Waals surface area contributed by atoms with Gasteiger partial charge in [-0.25, -0.2) is 4.98 Å². The summed E-state index contributed by atoms with van der Waals surface area (Å²) in [6.45, 7) is 2.45. The number of rotatable bonds is 7. The number of ether oxygens (including phenoxy) is 1. The standard InChI is InChI=1S/C20H21N3O2S/c1-14(15-6-4-3-5-7-15)21-12-19(24)23-20-22-18(13-26-20)16-8-10-17(25-2)11-9-16/h3-11,13-14,21H,12H2,1-2H3,(H,22,23,24)/p+1/t14-/m1/s1. The maximum atomic E-state index is 12.2. The monoisotopic (exact) mass is 368 g/mol. The minimum absolute atomic E-state index is 0.0524. The van der Waals surface area contributed by atoms with Gasteiger partial charge < -0.3 is 10.1 Å². The molecule has 0 bridgehead atoms. The molecule has 3 N–H and O–H groups in total. The molecule has 5 nitrogen and oxygen atoms in total. The number of nitrogens with one attached hydrogen (secondary N) is 1. The van der Waals surface area contributed by atoms with E-state index in [1.165, 1.54) is 16.9 Å². The highest BCUT2D eigenvalue weighted by molar-refractivity contribution is 7.14. The van der Waals surface area contributed by atoms with E-state index in [2.05, 4.69) is 29.4 Å². The zero-order chi connectivity index (χ0) is 18.4. The molecular weight excluding hydrogens is 346 g/mol. The van der Waals surface area contributed by atoms with Crippen LogP contribution in [0.5, 0.6) is 5.75 Å². The lowest BCUT2D eigenvalue weighted by atomic mass is 10.1. The first-order valence-corrected chi connectivity index (χ1v) is 9.32. The van der Waals surface area contributed by atoms with E-state index in [9.17, 15) is 4.79 Å². The van der Waals surface area contributed by atoms with E-state index in [0.29, 0.717) is 11.7 Å². The van der Waals surface area contributed by atoms with Gasteiger partial charge in [-0.05, 0) is 31.2 Å². The second-order valence-electron chi connectivity index (χ2n) is 5.95. The Hall–Kier alpha value is -2.70. The lowest BCUT2D eigenvalue weighted by Gasteiger charge is -2.10. The molecule has 1 atom stereocenters. The Morgan fingerprint density at radius 1 is 1.19 bits per heavy atom. The van der Waals surface area contributed by atoms with Crippen molar-refractivity contribution in [3.05, 3.63) is 65.5 Å². The zero-order valence-electron chi connectivity index (χ0n) is 14.8. The lowest BCUT2D eigenvalue weighted by molar-refractivity contribution is -0.682. The molecule has 2 aromatic carbocycles. The number of thiazole rings is 1. The quantitative estimate of drug-likeness (QED) is 0.673. The molecule has 3 rings (SSSR count). The molecule has 0 aliphatic rings. The second kappa shape index (κ2) is 8.60. The van der Waals surface area contributed by atoms with E-state index in [1.54, 1.807) is 7.11 Å². The summed E-state index contributed by atoms with van der Waals surface area (Å²) in [7, 11) is 1.64. The van der Waals surface area contributed by atoms with Crippen molar-refractivity contribution in [2.75, 3.05) is 19.0 Å². The van der Waals surface area contributed by atoms with Crippen molar-refractivity contribution >= 4 is 22.4 Å². The number of nitrogens with two attached hydrogens (primary N) is 1. The minimum atomic E-state index is -0.0524. The van der Waals surface area contributed by atoms with Gasteiger partial charge in [0.25, 0.3) is 5.91 Å². The molecule has 0 aliphatic carbocycles. The smallest absolute Gasteiger partial charge is 0.281 e.